The lowest BCUT2D eigenvalue weighted by Gasteiger charge is -2.13. The molecule has 1 N–H and O–H groups in total. The summed E-state index contributed by atoms with van der Waals surface area (Å²) >= 11 is 0. The number of aryl methyl sites for hydroxylation is 1. The summed E-state index contributed by atoms with van der Waals surface area (Å²) in [6.45, 7) is 3.92. The van der Waals surface area contributed by atoms with Gasteiger partial charge < -0.3 is 14.8 Å². The van der Waals surface area contributed by atoms with Crippen molar-refractivity contribution in [2.75, 3.05) is 19.0 Å². The molecule has 0 aromatic heterocycles. The van der Waals surface area contributed by atoms with Crippen LogP contribution in [-0.2, 0) is 9.53 Å². The van der Waals surface area contributed by atoms with Crippen molar-refractivity contribution < 1.29 is 19.1 Å². The standard InChI is InChI=1S/C26H25NO4/c1-4-31-26(29)21-12-15-24(18(2)16-21)27-25(28)23(20-8-6-5-7-9-20)17-19-10-13-22(30-3)14-11-19/h5-17H,4H2,1-3H3,(H,27,28)/b23-17+. The van der Waals surface area contributed by atoms with Crippen molar-refractivity contribution in [3.8, 4) is 5.75 Å². The number of rotatable bonds is 7. The lowest BCUT2D eigenvalue weighted by molar-refractivity contribution is -0.111. The van der Waals surface area contributed by atoms with Gasteiger partial charge in [0.15, 0.2) is 0 Å². The van der Waals surface area contributed by atoms with Crippen LogP contribution in [0.3, 0.4) is 0 Å². The maximum absolute atomic E-state index is 13.2. The Balaban J connectivity index is 1.90. The Kier molecular flexibility index (Phi) is 7.22. The summed E-state index contributed by atoms with van der Waals surface area (Å²) in [7, 11) is 1.61. The van der Waals surface area contributed by atoms with Crippen molar-refractivity contribution >= 4 is 29.2 Å². The maximum Gasteiger partial charge on any atom is 0.338 e. The van der Waals surface area contributed by atoms with Gasteiger partial charge in [-0.25, -0.2) is 4.79 Å². The summed E-state index contributed by atoms with van der Waals surface area (Å²) in [5, 5.41) is 2.97. The first-order valence-electron chi connectivity index (χ1n) is 10.0. The highest BCUT2D eigenvalue weighted by Gasteiger charge is 2.15. The SMILES string of the molecule is CCOC(=O)c1ccc(NC(=O)/C(=C/c2ccc(OC)cc2)c2ccccc2)c(C)c1. The normalized spacial score (nSPS) is 11.0. The Morgan fingerprint density at radius 2 is 1.65 bits per heavy atom. The summed E-state index contributed by atoms with van der Waals surface area (Å²) in [5.74, 6) is 0.127. The predicted molar refractivity (Wildman–Crippen MR) is 123 cm³/mol. The number of anilines is 1. The zero-order valence-corrected chi connectivity index (χ0v) is 17.8. The van der Waals surface area contributed by atoms with Crippen LogP contribution in [0, 0.1) is 6.92 Å². The van der Waals surface area contributed by atoms with Crippen LogP contribution >= 0.6 is 0 Å². The molecule has 3 rings (SSSR count). The second kappa shape index (κ2) is 10.3. The van der Waals surface area contributed by atoms with Crippen LogP contribution in [0.1, 0.15) is 34.0 Å². The minimum atomic E-state index is -0.382. The van der Waals surface area contributed by atoms with Gasteiger partial charge in [-0.05, 0) is 66.9 Å². The number of benzene rings is 3. The molecule has 5 heteroatoms. The molecule has 3 aromatic rings. The molecule has 158 valence electrons. The average Bonchev–Trinajstić information content (AvgIpc) is 2.79. The number of ether oxygens (including phenoxy) is 2. The van der Waals surface area contributed by atoms with Crippen LogP contribution < -0.4 is 10.1 Å². The second-order valence-corrected chi connectivity index (χ2v) is 6.90. The quantitative estimate of drug-likeness (QED) is 0.321. The van der Waals surface area contributed by atoms with Crippen molar-refractivity contribution in [3.05, 3.63) is 95.1 Å². The maximum atomic E-state index is 13.2. The topological polar surface area (TPSA) is 64.6 Å². The number of hydrogen-bond donors (Lipinski definition) is 1. The molecule has 0 aliphatic heterocycles. The molecule has 1 amide bonds. The van der Waals surface area contributed by atoms with Gasteiger partial charge in [-0.2, -0.15) is 0 Å². The van der Waals surface area contributed by atoms with Gasteiger partial charge in [0.2, 0.25) is 0 Å². The van der Waals surface area contributed by atoms with E-state index in [0.29, 0.717) is 23.4 Å². The van der Waals surface area contributed by atoms with E-state index in [-0.39, 0.29) is 11.9 Å². The third kappa shape index (κ3) is 5.60. The third-order valence-corrected chi connectivity index (χ3v) is 4.74. The number of amides is 1. The molecule has 0 saturated carbocycles. The van der Waals surface area contributed by atoms with Gasteiger partial charge in [0.05, 0.1) is 19.3 Å². The van der Waals surface area contributed by atoms with Crippen molar-refractivity contribution in [1.29, 1.82) is 0 Å². The molecule has 0 unspecified atom stereocenters. The summed E-state index contributed by atoms with van der Waals surface area (Å²) < 4.78 is 10.2. The van der Waals surface area contributed by atoms with Gasteiger partial charge in [0, 0.05) is 11.3 Å². The van der Waals surface area contributed by atoms with Gasteiger partial charge in [-0.1, -0.05) is 42.5 Å². The zero-order chi connectivity index (χ0) is 22.2. The fourth-order valence-corrected chi connectivity index (χ4v) is 3.10. The van der Waals surface area contributed by atoms with Gasteiger partial charge in [-0.3, -0.25) is 4.79 Å². The van der Waals surface area contributed by atoms with Crippen LogP contribution in [0.25, 0.3) is 11.6 Å². The Morgan fingerprint density at radius 3 is 2.26 bits per heavy atom. The summed E-state index contributed by atoms with van der Waals surface area (Å²) in [4.78, 5) is 25.2. The highest BCUT2D eigenvalue weighted by Crippen LogP contribution is 2.24. The van der Waals surface area contributed by atoms with E-state index in [1.165, 1.54) is 0 Å². The summed E-state index contributed by atoms with van der Waals surface area (Å²) in [6, 6.07) is 22.1. The van der Waals surface area contributed by atoms with E-state index in [1.54, 1.807) is 32.2 Å². The number of methoxy groups -OCH3 is 1. The predicted octanol–water partition coefficient (Wildman–Crippen LogP) is 5.36. The van der Waals surface area contributed by atoms with Crippen LogP contribution in [-0.4, -0.2) is 25.6 Å². The van der Waals surface area contributed by atoms with E-state index >= 15 is 0 Å². The lowest BCUT2D eigenvalue weighted by Crippen LogP contribution is -2.15. The van der Waals surface area contributed by atoms with Crippen LogP contribution in [0.15, 0.2) is 72.8 Å². The minimum absolute atomic E-state index is 0.242. The molecule has 0 radical (unpaired) electrons. The van der Waals surface area contributed by atoms with Crippen molar-refractivity contribution in [3.63, 3.8) is 0 Å². The number of esters is 1. The molecule has 0 heterocycles. The molecule has 5 nitrogen and oxygen atoms in total. The van der Waals surface area contributed by atoms with E-state index in [9.17, 15) is 9.59 Å². The molecule has 0 saturated heterocycles. The van der Waals surface area contributed by atoms with E-state index < -0.39 is 0 Å². The highest BCUT2D eigenvalue weighted by atomic mass is 16.5. The molecule has 0 atom stereocenters. The second-order valence-electron chi connectivity index (χ2n) is 6.90. The summed E-state index contributed by atoms with van der Waals surface area (Å²) in [6.07, 6.45) is 1.84. The van der Waals surface area contributed by atoms with Crippen LogP contribution in [0.4, 0.5) is 5.69 Å². The Bertz CT molecular complexity index is 1090. The fraction of sp³-hybridized carbons (Fsp3) is 0.154. The average molecular weight is 415 g/mol. The van der Waals surface area contributed by atoms with Gasteiger partial charge in [0.25, 0.3) is 5.91 Å². The molecule has 3 aromatic carbocycles. The first-order chi connectivity index (χ1) is 15.0. The van der Waals surface area contributed by atoms with E-state index in [4.69, 9.17) is 9.47 Å². The van der Waals surface area contributed by atoms with Crippen molar-refractivity contribution in [2.24, 2.45) is 0 Å². The minimum Gasteiger partial charge on any atom is -0.497 e. The van der Waals surface area contributed by atoms with E-state index in [1.807, 2.05) is 67.6 Å². The van der Waals surface area contributed by atoms with Crippen LogP contribution in [0.5, 0.6) is 5.75 Å². The monoisotopic (exact) mass is 415 g/mol. The molecular formula is C26H25NO4. The molecule has 0 bridgehead atoms. The highest BCUT2D eigenvalue weighted by molar-refractivity contribution is 6.29. The molecule has 0 spiro atoms. The van der Waals surface area contributed by atoms with E-state index in [2.05, 4.69) is 5.32 Å². The Labute approximate surface area is 182 Å². The summed E-state index contributed by atoms with van der Waals surface area (Å²) in [5.41, 5.74) is 4.07. The third-order valence-electron chi connectivity index (χ3n) is 4.74. The Morgan fingerprint density at radius 1 is 0.935 bits per heavy atom. The first-order valence-corrected chi connectivity index (χ1v) is 10.0. The van der Waals surface area contributed by atoms with Crippen LogP contribution in [0.2, 0.25) is 0 Å². The number of nitrogens with one attached hydrogen (secondary N) is 1. The largest absolute Gasteiger partial charge is 0.497 e. The zero-order valence-electron chi connectivity index (χ0n) is 17.8. The first kappa shape index (κ1) is 21.8. The number of hydrogen-bond acceptors (Lipinski definition) is 4. The molecule has 0 fully saturated rings. The fourth-order valence-electron chi connectivity index (χ4n) is 3.10. The van der Waals surface area contributed by atoms with E-state index in [0.717, 1.165) is 22.4 Å². The molecule has 0 aliphatic carbocycles. The lowest BCUT2D eigenvalue weighted by atomic mass is 10.0. The molecular weight excluding hydrogens is 390 g/mol. The van der Waals surface area contributed by atoms with Crippen molar-refractivity contribution in [1.82, 2.24) is 0 Å². The van der Waals surface area contributed by atoms with Gasteiger partial charge in [0.1, 0.15) is 5.75 Å². The molecule has 0 aliphatic rings. The number of carbonyl (C=O) groups excluding carboxylic acids is 2. The van der Waals surface area contributed by atoms with Crippen molar-refractivity contribution in [2.45, 2.75) is 13.8 Å². The Hall–Kier alpha value is -3.86. The number of carbonyl (C=O) groups is 2. The molecule has 31 heavy (non-hydrogen) atoms. The van der Waals surface area contributed by atoms with Gasteiger partial charge in [-0.15, -0.1) is 0 Å². The van der Waals surface area contributed by atoms with Gasteiger partial charge >= 0.3 is 5.97 Å². The smallest absolute Gasteiger partial charge is 0.338 e.